The number of nitro benzene ring substituents is 1. The molecule has 0 radical (unpaired) electrons. The summed E-state index contributed by atoms with van der Waals surface area (Å²) in [5.41, 5.74) is -0.545. The second-order valence-electron chi connectivity index (χ2n) is 4.02. The molecule has 0 saturated heterocycles. The number of hydrogen-bond acceptors (Lipinski definition) is 5. The molecule has 0 aliphatic rings. The lowest BCUT2D eigenvalue weighted by Crippen LogP contribution is -2.26. The Hall–Kier alpha value is -1.76. The van der Waals surface area contributed by atoms with Gasteiger partial charge in [-0.25, -0.2) is 0 Å². The van der Waals surface area contributed by atoms with Crippen molar-refractivity contribution in [2.75, 3.05) is 12.8 Å². The minimum atomic E-state index is -0.720. The first-order chi connectivity index (χ1) is 8.97. The predicted octanol–water partition coefficient (Wildman–Crippen LogP) is 2.17. The number of nitro groups is 1. The second kappa shape index (κ2) is 6.98. The van der Waals surface area contributed by atoms with E-state index in [9.17, 15) is 20.0 Å². The fourth-order valence-corrected chi connectivity index (χ4v) is 1.82. The van der Waals surface area contributed by atoms with Gasteiger partial charge in [-0.05, 0) is 18.7 Å². The molecule has 1 rings (SSSR count). The highest BCUT2D eigenvalue weighted by Gasteiger charge is 2.20. The van der Waals surface area contributed by atoms with Crippen molar-refractivity contribution in [1.29, 1.82) is 0 Å². The summed E-state index contributed by atoms with van der Waals surface area (Å²) in [5.74, 6) is -1.10. The molecule has 0 aliphatic heterocycles. The number of para-hydroxylation sites is 1. The van der Waals surface area contributed by atoms with Crippen molar-refractivity contribution >= 4 is 23.4 Å². The van der Waals surface area contributed by atoms with Crippen molar-refractivity contribution < 1.29 is 14.8 Å². The topological polar surface area (TPSA) is 92.5 Å². The van der Waals surface area contributed by atoms with Gasteiger partial charge in [0.1, 0.15) is 0 Å². The Bertz CT molecular complexity index is 479. The molecule has 1 amide bonds. The van der Waals surface area contributed by atoms with Gasteiger partial charge in [0.25, 0.3) is 5.91 Å². The van der Waals surface area contributed by atoms with Gasteiger partial charge in [-0.1, -0.05) is 13.0 Å². The second-order valence-corrected chi connectivity index (χ2v) is 5.30. The van der Waals surface area contributed by atoms with Crippen LogP contribution in [0.1, 0.15) is 23.7 Å². The van der Waals surface area contributed by atoms with Gasteiger partial charge in [0, 0.05) is 17.9 Å². The average molecular weight is 284 g/mol. The number of aromatic hydroxyl groups is 1. The van der Waals surface area contributed by atoms with Crippen molar-refractivity contribution in [3.8, 4) is 5.75 Å². The van der Waals surface area contributed by atoms with Crippen molar-refractivity contribution in [1.82, 2.24) is 5.32 Å². The molecule has 0 aliphatic carbocycles. The molecular formula is C12H16N2O4S. The Labute approximate surface area is 115 Å². The number of rotatable bonds is 6. The quantitative estimate of drug-likeness (QED) is 0.617. The zero-order chi connectivity index (χ0) is 14.4. The van der Waals surface area contributed by atoms with E-state index in [2.05, 4.69) is 5.32 Å². The van der Waals surface area contributed by atoms with E-state index in [1.54, 1.807) is 11.8 Å². The molecule has 0 aromatic heterocycles. The van der Waals surface area contributed by atoms with E-state index in [0.29, 0.717) is 11.8 Å². The number of nitrogens with one attached hydrogen (secondary N) is 1. The van der Waals surface area contributed by atoms with Crippen molar-refractivity contribution in [3.63, 3.8) is 0 Å². The van der Waals surface area contributed by atoms with Crippen LogP contribution < -0.4 is 5.32 Å². The molecule has 6 nitrogen and oxygen atoms in total. The number of carbonyl (C=O) groups is 1. The standard InChI is InChI=1S/C12H16N2O4S/c1-8(19-2)6-7-13-12(16)9-4-3-5-10(11(9)15)14(17)18/h3-5,8,15H,6-7H2,1-2H3,(H,13,16). The van der Waals surface area contributed by atoms with Crippen LogP contribution in [-0.2, 0) is 0 Å². The van der Waals surface area contributed by atoms with E-state index in [1.165, 1.54) is 12.1 Å². The van der Waals surface area contributed by atoms with Crippen LogP contribution in [0.25, 0.3) is 0 Å². The van der Waals surface area contributed by atoms with E-state index < -0.39 is 22.3 Å². The monoisotopic (exact) mass is 284 g/mol. The third kappa shape index (κ3) is 4.13. The molecule has 1 atom stereocenters. The van der Waals surface area contributed by atoms with Crippen molar-refractivity contribution in [3.05, 3.63) is 33.9 Å². The predicted molar refractivity (Wildman–Crippen MR) is 74.7 cm³/mol. The highest BCUT2D eigenvalue weighted by atomic mass is 32.2. The maximum atomic E-state index is 11.8. The minimum Gasteiger partial charge on any atom is -0.502 e. The van der Waals surface area contributed by atoms with Crippen LogP contribution in [0.15, 0.2) is 18.2 Å². The lowest BCUT2D eigenvalue weighted by molar-refractivity contribution is -0.385. The number of benzene rings is 1. The number of carbonyl (C=O) groups excluding carboxylic acids is 1. The zero-order valence-corrected chi connectivity index (χ0v) is 11.6. The minimum absolute atomic E-state index is 0.0778. The molecule has 0 spiro atoms. The first-order valence-electron chi connectivity index (χ1n) is 5.74. The number of phenolic OH excluding ortho intramolecular Hbond substituents is 1. The lowest BCUT2D eigenvalue weighted by Gasteiger charge is -2.09. The Balaban J connectivity index is 2.72. The molecule has 0 fully saturated rings. The molecule has 19 heavy (non-hydrogen) atoms. The van der Waals surface area contributed by atoms with Crippen LogP contribution in [0.3, 0.4) is 0 Å². The molecule has 1 unspecified atom stereocenters. The number of thioether (sulfide) groups is 1. The Kier molecular flexibility index (Phi) is 5.62. The van der Waals surface area contributed by atoms with E-state index in [1.807, 2.05) is 13.2 Å². The van der Waals surface area contributed by atoms with Gasteiger partial charge >= 0.3 is 5.69 Å². The summed E-state index contributed by atoms with van der Waals surface area (Å²) < 4.78 is 0. The molecule has 0 bridgehead atoms. The highest BCUT2D eigenvalue weighted by molar-refractivity contribution is 7.99. The molecule has 7 heteroatoms. The molecule has 1 aromatic rings. The third-order valence-electron chi connectivity index (χ3n) is 2.69. The van der Waals surface area contributed by atoms with Crippen molar-refractivity contribution in [2.24, 2.45) is 0 Å². The fourth-order valence-electron chi connectivity index (χ4n) is 1.46. The van der Waals surface area contributed by atoms with Gasteiger partial charge in [-0.2, -0.15) is 11.8 Å². The molecule has 104 valence electrons. The van der Waals surface area contributed by atoms with Crippen molar-refractivity contribution in [2.45, 2.75) is 18.6 Å². The van der Waals surface area contributed by atoms with Crippen LogP contribution >= 0.6 is 11.8 Å². The number of nitrogens with zero attached hydrogens (tertiary/aromatic N) is 1. The SMILES string of the molecule is CSC(C)CCNC(=O)c1cccc([N+](=O)[O-])c1O. The first-order valence-corrected chi connectivity index (χ1v) is 7.03. The van der Waals surface area contributed by atoms with E-state index >= 15 is 0 Å². The third-order valence-corrected chi connectivity index (χ3v) is 3.74. The summed E-state index contributed by atoms with van der Waals surface area (Å²) in [6.45, 7) is 2.50. The molecule has 0 saturated carbocycles. The number of hydrogen-bond donors (Lipinski definition) is 2. The van der Waals surface area contributed by atoms with Crippen LogP contribution in [0, 0.1) is 10.1 Å². The smallest absolute Gasteiger partial charge is 0.311 e. The van der Waals surface area contributed by atoms with Gasteiger partial charge in [-0.3, -0.25) is 14.9 Å². The summed E-state index contributed by atoms with van der Waals surface area (Å²) in [6, 6.07) is 3.88. The van der Waals surface area contributed by atoms with E-state index in [0.717, 1.165) is 12.5 Å². The molecule has 0 heterocycles. The summed E-state index contributed by atoms with van der Waals surface area (Å²) in [5, 5.41) is 23.4. The number of amides is 1. The summed E-state index contributed by atoms with van der Waals surface area (Å²) in [4.78, 5) is 21.7. The Morgan fingerprint density at radius 3 is 2.84 bits per heavy atom. The van der Waals surface area contributed by atoms with Crippen LogP contribution in [0.2, 0.25) is 0 Å². The zero-order valence-electron chi connectivity index (χ0n) is 10.8. The van der Waals surface area contributed by atoms with Crippen LogP contribution in [0.4, 0.5) is 5.69 Å². The average Bonchev–Trinajstić information content (AvgIpc) is 2.38. The van der Waals surface area contributed by atoms with Gasteiger partial charge in [-0.15, -0.1) is 0 Å². The Morgan fingerprint density at radius 1 is 1.58 bits per heavy atom. The van der Waals surface area contributed by atoms with Gasteiger partial charge in [0.2, 0.25) is 5.75 Å². The summed E-state index contributed by atoms with van der Waals surface area (Å²) in [6.07, 6.45) is 2.78. The van der Waals surface area contributed by atoms with Crippen LogP contribution in [-0.4, -0.2) is 34.0 Å². The van der Waals surface area contributed by atoms with Gasteiger partial charge < -0.3 is 10.4 Å². The normalized spacial score (nSPS) is 11.9. The fraction of sp³-hybridized carbons (Fsp3) is 0.417. The summed E-state index contributed by atoms with van der Waals surface area (Å²) in [7, 11) is 0. The maximum Gasteiger partial charge on any atom is 0.311 e. The molecular weight excluding hydrogens is 268 g/mol. The maximum absolute atomic E-state index is 11.8. The highest BCUT2D eigenvalue weighted by Crippen LogP contribution is 2.29. The van der Waals surface area contributed by atoms with E-state index in [4.69, 9.17) is 0 Å². The Morgan fingerprint density at radius 2 is 2.26 bits per heavy atom. The number of phenols is 1. The van der Waals surface area contributed by atoms with Crippen LogP contribution in [0.5, 0.6) is 5.75 Å². The molecule has 2 N–H and O–H groups in total. The van der Waals surface area contributed by atoms with Gasteiger partial charge in [0.05, 0.1) is 10.5 Å². The van der Waals surface area contributed by atoms with Gasteiger partial charge in [0.15, 0.2) is 0 Å². The van der Waals surface area contributed by atoms with E-state index in [-0.39, 0.29) is 5.56 Å². The summed E-state index contributed by atoms with van der Waals surface area (Å²) >= 11 is 1.69. The molecule has 1 aromatic carbocycles. The largest absolute Gasteiger partial charge is 0.502 e. The lowest BCUT2D eigenvalue weighted by atomic mass is 10.1. The first kappa shape index (κ1) is 15.3.